The van der Waals surface area contributed by atoms with Gasteiger partial charge >= 0.3 is 0 Å². The van der Waals surface area contributed by atoms with Crippen LogP contribution < -0.4 is 10.6 Å². The van der Waals surface area contributed by atoms with Gasteiger partial charge in [-0.15, -0.1) is 24.0 Å². The predicted octanol–water partition coefficient (Wildman–Crippen LogP) is 3.24. The zero-order valence-electron chi connectivity index (χ0n) is 15.5. The number of halogens is 2. The molecule has 2 fully saturated rings. The van der Waals surface area contributed by atoms with E-state index in [2.05, 4.69) is 21.7 Å². The van der Waals surface area contributed by atoms with Gasteiger partial charge in [-0.1, -0.05) is 37.6 Å². The van der Waals surface area contributed by atoms with E-state index in [1.165, 1.54) is 5.56 Å². The molecule has 1 heterocycles. The first kappa shape index (κ1) is 21.3. The highest BCUT2D eigenvalue weighted by Crippen LogP contribution is 2.41. The van der Waals surface area contributed by atoms with Gasteiger partial charge in [0.25, 0.3) is 0 Å². The zero-order valence-corrected chi connectivity index (χ0v) is 18.6. The fraction of sp³-hybridized carbons (Fsp3) is 0.579. The van der Waals surface area contributed by atoms with Crippen LogP contribution in [0, 0.1) is 5.92 Å². The molecule has 1 aromatic carbocycles. The van der Waals surface area contributed by atoms with E-state index in [0.717, 1.165) is 36.9 Å². The number of carbonyl (C=O) groups excluding carboxylic acids is 1. The van der Waals surface area contributed by atoms with Crippen LogP contribution in [-0.2, 0) is 4.79 Å². The van der Waals surface area contributed by atoms with E-state index >= 15 is 0 Å². The number of hydrogen-bond donors (Lipinski definition) is 2. The van der Waals surface area contributed by atoms with Gasteiger partial charge in [-0.2, -0.15) is 0 Å². The van der Waals surface area contributed by atoms with E-state index in [-0.39, 0.29) is 41.8 Å². The minimum atomic E-state index is 0. The van der Waals surface area contributed by atoms with Crippen LogP contribution in [-0.4, -0.2) is 49.0 Å². The molecular weight excluding hydrogens is 463 g/mol. The van der Waals surface area contributed by atoms with E-state index in [1.54, 1.807) is 7.05 Å². The molecule has 0 spiro atoms. The van der Waals surface area contributed by atoms with Gasteiger partial charge in [0.05, 0.1) is 0 Å². The van der Waals surface area contributed by atoms with Crippen molar-refractivity contribution in [2.24, 2.45) is 10.9 Å². The fourth-order valence-corrected chi connectivity index (χ4v) is 3.64. The highest BCUT2D eigenvalue weighted by molar-refractivity contribution is 14.0. The van der Waals surface area contributed by atoms with Crippen LogP contribution in [0.1, 0.15) is 38.2 Å². The second-order valence-corrected chi connectivity index (χ2v) is 7.73. The number of likely N-dealkylation sites (tertiary alicyclic amines) is 1. The lowest BCUT2D eigenvalue weighted by molar-refractivity contribution is -0.133. The van der Waals surface area contributed by atoms with Gasteiger partial charge in [0.2, 0.25) is 5.91 Å². The number of nitrogens with one attached hydrogen (secondary N) is 2. The minimum absolute atomic E-state index is 0. The summed E-state index contributed by atoms with van der Waals surface area (Å²) in [5.74, 6) is 1.59. The number of benzene rings is 1. The molecule has 1 amide bonds. The molecule has 1 aliphatic carbocycles. The first-order chi connectivity index (χ1) is 12.0. The third kappa shape index (κ3) is 5.25. The molecular formula is C19H28ClIN4O. The van der Waals surface area contributed by atoms with Gasteiger partial charge in [0.15, 0.2) is 5.96 Å². The van der Waals surface area contributed by atoms with Gasteiger partial charge in [-0.05, 0) is 30.5 Å². The minimum Gasteiger partial charge on any atom is -0.353 e. The van der Waals surface area contributed by atoms with Gasteiger partial charge in [0.1, 0.15) is 0 Å². The molecule has 26 heavy (non-hydrogen) atoms. The van der Waals surface area contributed by atoms with Crippen molar-refractivity contribution in [2.45, 2.75) is 44.7 Å². The van der Waals surface area contributed by atoms with Gasteiger partial charge < -0.3 is 15.5 Å². The summed E-state index contributed by atoms with van der Waals surface area (Å²) in [5.41, 5.74) is 1.27. The Morgan fingerprint density at radius 2 is 2.12 bits per heavy atom. The summed E-state index contributed by atoms with van der Waals surface area (Å²) in [6, 6.07) is 8.72. The van der Waals surface area contributed by atoms with Crippen molar-refractivity contribution >= 4 is 47.4 Å². The number of nitrogens with zero attached hydrogens (tertiary/aromatic N) is 2. The molecule has 0 aromatic heterocycles. The molecule has 3 atom stereocenters. The van der Waals surface area contributed by atoms with E-state index < -0.39 is 0 Å². The van der Waals surface area contributed by atoms with Crippen molar-refractivity contribution in [3.05, 3.63) is 34.9 Å². The van der Waals surface area contributed by atoms with Crippen molar-refractivity contribution in [3.8, 4) is 0 Å². The molecule has 1 saturated heterocycles. The molecule has 1 aromatic rings. The van der Waals surface area contributed by atoms with Crippen molar-refractivity contribution in [1.82, 2.24) is 15.5 Å². The summed E-state index contributed by atoms with van der Waals surface area (Å²) in [6.07, 6.45) is 2.05. The van der Waals surface area contributed by atoms with Crippen LogP contribution in [0.3, 0.4) is 0 Å². The Labute approximate surface area is 178 Å². The third-order valence-electron chi connectivity index (χ3n) is 4.95. The maximum absolute atomic E-state index is 12.1. The second-order valence-electron chi connectivity index (χ2n) is 7.29. The van der Waals surface area contributed by atoms with E-state index in [1.807, 2.05) is 36.9 Å². The van der Waals surface area contributed by atoms with Gasteiger partial charge in [-0.3, -0.25) is 9.79 Å². The van der Waals surface area contributed by atoms with Gasteiger partial charge in [0, 0.05) is 49.1 Å². The quantitative estimate of drug-likeness (QED) is 0.387. The molecule has 3 unspecified atom stereocenters. The molecule has 3 rings (SSSR count). The summed E-state index contributed by atoms with van der Waals surface area (Å²) in [7, 11) is 1.79. The molecule has 5 nitrogen and oxygen atoms in total. The second kappa shape index (κ2) is 9.26. The predicted molar refractivity (Wildman–Crippen MR) is 117 cm³/mol. The van der Waals surface area contributed by atoms with Crippen LogP contribution in [0.2, 0.25) is 5.02 Å². The molecule has 2 aliphatic rings. The maximum Gasteiger partial charge on any atom is 0.225 e. The number of carbonyl (C=O) groups is 1. The van der Waals surface area contributed by atoms with Crippen LogP contribution in [0.4, 0.5) is 0 Å². The first-order valence-corrected chi connectivity index (χ1v) is 9.40. The molecule has 1 saturated carbocycles. The highest BCUT2D eigenvalue weighted by atomic mass is 127. The SMILES string of the molecule is CN=C(NC1CCN(C(=O)C(C)C)C1)NC1CC1c1cccc(Cl)c1.I. The largest absolute Gasteiger partial charge is 0.353 e. The Bertz CT molecular complexity index is 667. The molecule has 144 valence electrons. The molecule has 0 bridgehead atoms. The topological polar surface area (TPSA) is 56.7 Å². The Kier molecular flexibility index (Phi) is 7.58. The average molecular weight is 491 g/mol. The van der Waals surface area contributed by atoms with Crippen LogP contribution in [0.5, 0.6) is 0 Å². The number of hydrogen-bond acceptors (Lipinski definition) is 2. The average Bonchev–Trinajstić information content (AvgIpc) is 3.20. The number of guanidine groups is 1. The summed E-state index contributed by atoms with van der Waals surface area (Å²) in [6.45, 7) is 5.47. The molecule has 1 aliphatic heterocycles. The van der Waals surface area contributed by atoms with Gasteiger partial charge in [-0.25, -0.2) is 0 Å². The fourth-order valence-electron chi connectivity index (χ4n) is 3.44. The summed E-state index contributed by atoms with van der Waals surface area (Å²) < 4.78 is 0. The van der Waals surface area contributed by atoms with E-state index in [9.17, 15) is 4.79 Å². The zero-order chi connectivity index (χ0) is 18.0. The van der Waals surface area contributed by atoms with E-state index in [0.29, 0.717) is 12.0 Å². The Morgan fingerprint density at radius 1 is 1.35 bits per heavy atom. The van der Waals surface area contributed by atoms with Crippen molar-refractivity contribution in [3.63, 3.8) is 0 Å². The summed E-state index contributed by atoms with van der Waals surface area (Å²) in [4.78, 5) is 18.4. The third-order valence-corrected chi connectivity index (χ3v) is 5.18. The van der Waals surface area contributed by atoms with Crippen molar-refractivity contribution < 1.29 is 4.79 Å². The van der Waals surface area contributed by atoms with E-state index in [4.69, 9.17) is 11.6 Å². The lowest BCUT2D eigenvalue weighted by Crippen LogP contribution is -2.46. The maximum atomic E-state index is 12.1. The Morgan fingerprint density at radius 3 is 2.77 bits per heavy atom. The number of rotatable bonds is 4. The van der Waals surface area contributed by atoms with Crippen molar-refractivity contribution in [2.75, 3.05) is 20.1 Å². The summed E-state index contributed by atoms with van der Waals surface area (Å²) >= 11 is 6.08. The Hall–Kier alpha value is -1.02. The normalized spacial score (nSPS) is 25.0. The lowest BCUT2D eigenvalue weighted by Gasteiger charge is -2.20. The first-order valence-electron chi connectivity index (χ1n) is 9.02. The lowest BCUT2D eigenvalue weighted by atomic mass is 10.1. The van der Waals surface area contributed by atoms with Crippen LogP contribution in [0.25, 0.3) is 0 Å². The van der Waals surface area contributed by atoms with Crippen LogP contribution in [0.15, 0.2) is 29.3 Å². The highest BCUT2D eigenvalue weighted by Gasteiger charge is 2.39. The van der Waals surface area contributed by atoms with Crippen LogP contribution >= 0.6 is 35.6 Å². The number of aliphatic imine (C=N–C) groups is 1. The Balaban J connectivity index is 0.00000243. The molecule has 7 heteroatoms. The standard InChI is InChI=1S/C19H27ClN4O.HI/c1-12(2)18(25)24-8-7-15(11-24)22-19(21-3)23-17-10-16(17)13-5-4-6-14(20)9-13;/h4-6,9,12,15-17H,7-8,10-11H2,1-3H3,(H2,21,22,23);1H. The molecule has 0 radical (unpaired) electrons. The number of amides is 1. The van der Waals surface area contributed by atoms with Crippen molar-refractivity contribution in [1.29, 1.82) is 0 Å². The monoisotopic (exact) mass is 490 g/mol. The summed E-state index contributed by atoms with van der Waals surface area (Å²) in [5, 5.41) is 7.74. The molecule has 2 N–H and O–H groups in total. The smallest absolute Gasteiger partial charge is 0.225 e.